The lowest BCUT2D eigenvalue weighted by atomic mass is 9.66. The zero-order valence-corrected chi connectivity index (χ0v) is 11.5. The maximum Gasteiger partial charge on any atom is 0.123 e. The second-order valence-electron chi connectivity index (χ2n) is 5.87. The Morgan fingerprint density at radius 1 is 1.53 bits per heavy atom. The van der Waals surface area contributed by atoms with Gasteiger partial charge in [-0.25, -0.2) is 4.39 Å². The summed E-state index contributed by atoms with van der Waals surface area (Å²) in [6, 6.07) is 6.72. The van der Waals surface area contributed by atoms with Gasteiger partial charge < -0.3 is 5.11 Å². The third-order valence-electron chi connectivity index (χ3n) is 4.31. The van der Waals surface area contributed by atoms with Gasteiger partial charge in [-0.05, 0) is 48.9 Å². The van der Waals surface area contributed by atoms with E-state index in [0.29, 0.717) is 24.3 Å². The van der Waals surface area contributed by atoms with Gasteiger partial charge in [0, 0.05) is 0 Å². The molecule has 1 N–H and O–H groups in total. The van der Waals surface area contributed by atoms with Crippen LogP contribution in [0.25, 0.3) is 0 Å². The molecule has 19 heavy (non-hydrogen) atoms. The summed E-state index contributed by atoms with van der Waals surface area (Å²) < 4.78 is 13.4. The smallest absolute Gasteiger partial charge is 0.123 e. The maximum atomic E-state index is 13.4. The largest absolute Gasteiger partial charge is 0.387 e. The van der Waals surface area contributed by atoms with Crippen molar-refractivity contribution in [2.24, 2.45) is 11.3 Å². The molecule has 0 aliphatic heterocycles. The van der Waals surface area contributed by atoms with Crippen molar-refractivity contribution in [1.82, 2.24) is 0 Å². The SMILES string of the molecule is Cc1ccc(F)cc1C(O)C1(C#N)CCCC(C)C1. The van der Waals surface area contributed by atoms with Crippen molar-refractivity contribution in [1.29, 1.82) is 5.26 Å². The Labute approximate surface area is 113 Å². The highest BCUT2D eigenvalue weighted by atomic mass is 19.1. The molecule has 0 heterocycles. The van der Waals surface area contributed by atoms with E-state index >= 15 is 0 Å². The number of aliphatic hydroxyl groups excluding tert-OH is 1. The van der Waals surface area contributed by atoms with Gasteiger partial charge in [-0.1, -0.05) is 25.8 Å². The summed E-state index contributed by atoms with van der Waals surface area (Å²) in [6.07, 6.45) is 2.50. The lowest BCUT2D eigenvalue weighted by Gasteiger charge is -2.38. The van der Waals surface area contributed by atoms with Crippen LogP contribution in [0.15, 0.2) is 18.2 Å². The Morgan fingerprint density at radius 3 is 2.89 bits per heavy atom. The van der Waals surface area contributed by atoms with Crippen molar-refractivity contribution in [3.8, 4) is 6.07 Å². The number of aryl methyl sites for hydroxylation is 1. The fraction of sp³-hybridized carbons (Fsp3) is 0.562. The zero-order valence-electron chi connectivity index (χ0n) is 11.5. The fourth-order valence-electron chi connectivity index (χ4n) is 3.21. The molecule has 3 heteroatoms. The van der Waals surface area contributed by atoms with Crippen molar-refractivity contribution >= 4 is 0 Å². The van der Waals surface area contributed by atoms with E-state index in [2.05, 4.69) is 13.0 Å². The lowest BCUT2D eigenvalue weighted by molar-refractivity contribution is 0.0213. The molecular formula is C16H20FNO. The predicted molar refractivity (Wildman–Crippen MR) is 71.8 cm³/mol. The van der Waals surface area contributed by atoms with E-state index in [0.717, 1.165) is 18.4 Å². The van der Waals surface area contributed by atoms with Gasteiger partial charge in [-0.15, -0.1) is 0 Å². The number of nitrogens with zero attached hydrogens (tertiary/aromatic N) is 1. The molecule has 2 rings (SSSR count). The molecule has 1 aliphatic rings. The van der Waals surface area contributed by atoms with Crippen LogP contribution >= 0.6 is 0 Å². The molecule has 2 nitrogen and oxygen atoms in total. The van der Waals surface area contributed by atoms with Gasteiger partial charge in [-0.2, -0.15) is 5.26 Å². The topological polar surface area (TPSA) is 44.0 Å². The van der Waals surface area contributed by atoms with Gasteiger partial charge in [0.15, 0.2) is 0 Å². The first-order valence-corrected chi connectivity index (χ1v) is 6.84. The molecule has 3 atom stereocenters. The lowest BCUT2D eigenvalue weighted by Crippen LogP contribution is -2.33. The molecule has 0 amide bonds. The van der Waals surface area contributed by atoms with E-state index in [1.807, 2.05) is 6.92 Å². The molecule has 0 bridgehead atoms. The summed E-state index contributed by atoms with van der Waals surface area (Å²) in [6.45, 7) is 3.95. The number of benzene rings is 1. The van der Waals surface area contributed by atoms with Crippen LogP contribution in [0.2, 0.25) is 0 Å². The van der Waals surface area contributed by atoms with E-state index in [9.17, 15) is 14.8 Å². The minimum Gasteiger partial charge on any atom is -0.387 e. The number of hydrogen-bond acceptors (Lipinski definition) is 2. The van der Waals surface area contributed by atoms with Crippen LogP contribution in [-0.4, -0.2) is 5.11 Å². The molecular weight excluding hydrogens is 241 g/mol. The van der Waals surface area contributed by atoms with Gasteiger partial charge in [0.2, 0.25) is 0 Å². The van der Waals surface area contributed by atoms with Crippen molar-refractivity contribution < 1.29 is 9.50 Å². The average molecular weight is 261 g/mol. The maximum absolute atomic E-state index is 13.4. The second-order valence-corrected chi connectivity index (χ2v) is 5.87. The van der Waals surface area contributed by atoms with Crippen LogP contribution in [-0.2, 0) is 0 Å². The van der Waals surface area contributed by atoms with Crippen molar-refractivity contribution in [3.63, 3.8) is 0 Å². The Hall–Kier alpha value is -1.40. The molecule has 1 aromatic rings. The highest BCUT2D eigenvalue weighted by Crippen LogP contribution is 2.48. The second kappa shape index (κ2) is 5.30. The third-order valence-corrected chi connectivity index (χ3v) is 4.31. The highest BCUT2D eigenvalue weighted by Gasteiger charge is 2.42. The highest BCUT2D eigenvalue weighted by molar-refractivity contribution is 5.31. The Balaban J connectivity index is 2.38. The van der Waals surface area contributed by atoms with Crippen LogP contribution < -0.4 is 0 Å². The number of halogens is 1. The van der Waals surface area contributed by atoms with Crippen molar-refractivity contribution in [2.45, 2.75) is 45.6 Å². The number of aliphatic hydroxyl groups is 1. The zero-order chi connectivity index (χ0) is 14.0. The summed E-state index contributed by atoms with van der Waals surface area (Å²) in [5.74, 6) is 0.0634. The van der Waals surface area contributed by atoms with Crippen LogP contribution in [0.1, 0.15) is 49.8 Å². The molecule has 1 saturated carbocycles. The molecule has 3 unspecified atom stereocenters. The Bertz CT molecular complexity index is 508. The van der Waals surface area contributed by atoms with Gasteiger partial charge in [-0.3, -0.25) is 0 Å². The minimum absolute atomic E-state index is 0.364. The van der Waals surface area contributed by atoms with Crippen molar-refractivity contribution in [2.75, 3.05) is 0 Å². The summed E-state index contributed by atoms with van der Waals surface area (Å²) in [7, 11) is 0. The van der Waals surface area contributed by atoms with E-state index in [-0.39, 0.29) is 5.82 Å². The van der Waals surface area contributed by atoms with E-state index < -0.39 is 11.5 Å². The molecule has 102 valence electrons. The van der Waals surface area contributed by atoms with Gasteiger partial charge in [0.1, 0.15) is 5.82 Å². The van der Waals surface area contributed by atoms with E-state index in [1.165, 1.54) is 12.1 Å². The predicted octanol–water partition coefficient (Wildman–Crippen LogP) is 3.89. The monoisotopic (exact) mass is 261 g/mol. The number of hydrogen-bond donors (Lipinski definition) is 1. The van der Waals surface area contributed by atoms with E-state index in [1.54, 1.807) is 6.07 Å². The first-order valence-electron chi connectivity index (χ1n) is 6.84. The summed E-state index contributed by atoms with van der Waals surface area (Å²) in [5, 5.41) is 20.2. The Kier molecular flexibility index (Phi) is 3.91. The minimum atomic E-state index is -0.907. The molecule has 0 aromatic heterocycles. The summed E-state index contributed by atoms with van der Waals surface area (Å²) in [5.41, 5.74) is 0.619. The molecule has 0 radical (unpaired) electrons. The fourth-order valence-corrected chi connectivity index (χ4v) is 3.21. The Morgan fingerprint density at radius 2 is 2.26 bits per heavy atom. The third kappa shape index (κ3) is 2.64. The molecule has 0 spiro atoms. The molecule has 1 fully saturated rings. The van der Waals surface area contributed by atoms with Crippen LogP contribution in [0.5, 0.6) is 0 Å². The molecule has 0 saturated heterocycles. The van der Waals surface area contributed by atoms with Crippen LogP contribution in [0.3, 0.4) is 0 Å². The first kappa shape index (κ1) is 14.0. The van der Waals surface area contributed by atoms with Gasteiger partial charge in [0.05, 0.1) is 17.6 Å². The van der Waals surface area contributed by atoms with Crippen LogP contribution in [0, 0.1) is 35.4 Å². The average Bonchev–Trinajstić information content (AvgIpc) is 2.40. The molecule has 1 aliphatic carbocycles. The van der Waals surface area contributed by atoms with Gasteiger partial charge >= 0.3 is 0 Å². The molecule has 1 aromatic carbocycles. The van der Waals surface area contributed by atoms with Gasteiger partial charge in [0.25, 0.3) is 0 Å². The van der Waals surface area contributed by atoms with Crippen molar-refractivity contribution in [3.05, 3.63) is 35.1 Å². The summed E-state index contributed by atoms with van der Waals surface area (Å²) >= 11 is 0. The summed E-state index contributed by atoms with van der Waals surface area (Å²) in [4.78, 5) is 0. The first-order chi connectivity index (χ1) is 8.98. The standard InChI is InChI=1S/C16H20FNO/c1-11-4-3-7-16(9-11,10-18)15(19)14-8-13(17)6-5-12(14)2/h5-6,8,11,15,19H,3-4,7,9H2,1-2H3. The van der Waals surface area contributed by atoms with Crippen LogP contribution in [0.4, 0.5) is 4.39 Å². The number of nitriles is 1. The quantitative estimate of drug-likeness (QED) is 0.877. The van der Waals surface area contributed by atoms with E-state index in [4.69, 9.17) is 0 Å². The normalized spacial score (nSPS) is 28.7. The number of rotatable bonds is 2.